The number of aromatic hydroxyl groups is 2. The summed E-state index contributed by atoms with van der Waals surface area (Å²) in [5.41, 5.74) is 4.41. The summed E-state index contributed by atoms with van der Waals surface area (Å²) in [4.78, 5) is 0. The van der Waals surface area contributed by atoms with Crippen LogP contribution in [0.3, 0.4) is 0 Å². The number of benzene rings is 2. The number of phenols is 2. The van der Waals surface area contributed by atoms with Crippen LogP contribution in [0.4, 0.5) is 0 Å². The van der Waals surface area contributed by atoms with Crippen LogP contribution in [0.5, 0.6) is 11.5 Å². The first-order valence-electron chi connectivity index (χ1n) is 17.8. The third-order valence-corrected chi connectivity index (χ3v) is 24.5. The van der Waals surface area contributed by atoms with Crippen molar-refractivity contribution in [3.8, 4) is 11.5 Å². The van der Waals surface area contributed by atoms with Gasteiger partial charge in [0.25, 0.3) is 0 Å². The van der Waals surface area contributed by atoms with Gasteiger partial charge in [0.15, 0.2) is 33.3 Å². The maximum absolute atomic E-state index is 10.8. The Bertz CT molecular complexity index is 1210. The average molecular weight is 732 g/mol. The van der Waals surface area contributed by atoms with Gasteiger partial charge in [-0.05, 0) is 143 Å². The quantitative estimate of drug-likeness (QED) is 0.133. The number of hydrogen-bond donors (Lipinski definition) is 2. The van der Waals surface area contributed by atoms with E-state index in [1.54, 1.807) is 0 Å². The summed E-state index contributed by atoms with van der Waals surface area (Å²) < 4.78 is 13.7. The predicted molar refractivity (Wildman–Crippen MR) is 225 cm³/mol. The molecule has 0 amide bonds. The Kier molecular flexibility index (Phi) is 21.1. The van der Waals surface area contributed by atoms with Crippen LogP contribution in [0, 0.1) is 0 Å². The first-order chi connectivity index (χ1) is 20.7. The van der Waals surface area contributed by atoms with Crippen molar-refractivity contribution >= 4 is 41.7 Å². The Morgan fingerprint density at radius 3 is 1.44 bits per heavy atom. The summed E-state index contributed by atoms with van der Waals surface area (Å²) >= 11 is 0. The standard InChI is InChI=1S/C37H68O4Si4.2CH4.B/c1-13-15-25-42(5,6)40-44(9,10)27-17-19-31-30-34(38)22-23-35(31)37(3,4)33-21-24-36(39)32(29-33)20-18-28-45(11,12)41-43(7,8)26-16-14-2;;;/h21-24,29-30,38-39H,13-20,25-28H2,1-12H3;2*1H4;. The van der Waals surface area contributed by atoms with Gasteiger partial charge in [0.1, 0.15) is 11.5 Å². The van der Waals surface area contributed by atoms with E-state index in [4.69, 9.17) is 8.23 Å². The highest BCUT2D eigenvalue weighted by Gasteiger charge is 2.34. The molecule has 0 unspecified atom stereocenters. The fourth-order valence-electron chi connectivity index (χ4n) is 7.04. The van der Waals surface area contributed by atoms with Gasteiger partial charge in [-0.25, -0.2) is 0 Å². The normalized spacial score (nSPS) is 12.6. The van der Waals surface area contributed by atoms with Crippen molar-refractivity contribution in [1.29, 1.82) is 0 Å². The van der Waals surface area contributed by atoms with Crippen LogP contribution in [0.1, 0.15) is 103 Å². The Balaban J connectivity index is 0. The monoisotopic (exact) mass is 731 g/mol. The summed E-state index contributed by atoms with van der Waals surface area (Å²) in [6.07, 6.45) is 8.84. The SMILES string of the molecule is C.C.CCCC[Si](C)(C)O[Si](C)(C)CCCc1cc(C(C)(C)c2ccc(O)cc2CCC[Si](C)(C)O[Si](C)(C)CCCC)ccc1O.[B]. The summed E-state index contributed by atoms with van der Waals surface area (Å²) in [5.74, 6) is 0.711. The molecule has 275 valence electrons. The molecule has 2 rings (SSSR count). The average Bonchev–Trinajstić information content (AvgIpc) is 2.90. The van der Waals surface area contributed by atoms with Crippen molar-refractivity contribution in [3.05, 3.63) is 58.7 Å². The highest BCUT2D eigenvalue weighted by molar-refractivity contribution is 6.85. The van der Waals surface area contributed by atoms with Gasteiger partial charge < -0.3 is 18.4 Å². The molecule has 0 atom stereocenters. The number of unbranched alkanes of at least 4 members (excludes halogenated alkanes) is 2. The van der Waals surface area contributed by atoms with Crippen molar-refractivity contribution < 1.29 is 18.4 Å². The molecule has 2 N–H and O–H groups in total. The fourth-order valence-corrected chi connectivity index (χ4v) is 25.1. The zero-order chi connectivity index (χ0) is 34.1. The van der Waals surface area contributed by atoms with E-state index < -0.39 is 33.3 Å². The minimum absolute atomic E-state index is 0. The molecule has 0 aromatic heterocycles. The van der Waals surface area contributed by atoms with E-state index >= 15 is 0 Å². The van der Waals surface area contributed by atoms with Crippen LogP contribution in [-0.4, -0.2) is 51.9 Å². The molecule has 0 saturated heterocycles. The Labute approximate surface area is 305 Å². The van der Waals surface area contributed by atoms with E-state index in [1.807, 2.05) is 18.2 Å². The second-order valence-corrected chi connectivity index (χ2v) is 34.2. The van der Waals surface area contributed by atoms with E-state index in [0.717, 1.165) is 43.3 Å². The van der Waals surface area contributed by atoms with E-state index in [1.165, 1.54) is 54.5 Å². The number of phenolic OH excluding ortho intramolecular Hbond substituents is 2. The predicted octanol–water partition coefficient (Wildman–Crippen LogP) is 12.6. The van der Waals surface area contributed by atoms with Gasteiger partial charge in [0.05, 0.1) is 0 Å². The fraction of sp³-hybridized carbons (Fsp3) is 0.692. The largest absolute Gasteiger partial charge is 0.508 e. The number of hydrogen-bond acceptors (Lipinski definition) is 4. The lowest BCUT2D eigenvalue weighted by Gasteiger charge is -2.34. The molecule has 0 spiro atoms. The van der Waals surface area contributed by atoms with Gasteiger partial charge in [-0.2, -0.15) is 0 Å². The molecular formula is C39H76BO4Si4. The van der Waals surface area contributed by atoms with Crippen molar-refractivity contribution in [2.75, 3.05) is 0 Å². The molecule has 0 saturated carbocycles. The lowest BCUT2D eigenvalue weighted by atomic mass is 9.75. The molecule has 0 aliphatic rings. The van der Waals surface area contributed by atoms with E-state index in [2.05, 4.69) is 98.3 Å². The zero-order valence-corrected chi connectivity index (χ0v) is 35.7. The lowest BCUT2D eigenvalue weighted by Crippen LogP contribution is -2.44. The first kappa shape index (κ1) is 49.0. The minimum Gasteiger partial charge on any atom is -0.508 e. The Hall–Kier alpha value is -1.11. The lowest BCUT2D eigenvalue weighted by molar-refractivity contribution is 0.465. The third kappa shape index (κ3) is 16.3. The topological polar surface area (TPSA) is 58.9 Å². The molecule has 3 radical (unpaired) electrons. The molecule has 0 fully saturated rings. The highest BCUT2D eigenvalue weighted by Crippen LogP contribution is 2.38. The van der Waals surface area contributed by atoms with Gasteiger partial charge in [-0.15, -0.1) is 0 Å². The molecule has 0 bridgehead atoms. The van der Waals surface area contributed by atoms with Crippen LogP contribution in [-0.2, 0) is 26.5 Å². The van der Waals surface area contributed by atoms with E-state index in [9.17, 15) is 10.2 Å². The summed E-state index contributed by atoms with van der Waals surface area (Å²) in [6.45, 7) is 28.1. The van der Waals surface area contributed by atoms with Gasteiger partial charge in [-0.1, -0.05) is 86.4 Å². The van der Waals surface area contributed by atoms with Gasteiger partial charge in [-0.3, -0.25) is 0 Å². The van der Waals surface area contributed by atoms with Crippen molar-refractivity contribution in [2.24, 2.45) is 0 Å². The van der Waals surface area contributed by atoms with Crippen molar-refractivity contribution in [1.82, 2.24) is 0 Å². The zero-order valence-electron chi connectivity index (χ0n) is 31.7. The number of aryl methyl sites for hydroxylation is 2. The molecule has 0 aliphatic heterocycles. The maximum atomic E-state index is 10.8. The van der Waals surface area contributed by atoms with E-state index in [0.29, 0.717) is 11.5 Å². The summed E-state index contributed by atoms with van der Waals surface area (Å²) in [5, 5.41) is 21.3. The Morgan fingerprint density at radius 2 is 1.00 bits per heavy atom. The van der Waals surface area contributed by atoms with Crippen molar-refractivity contribution in [2.45, 2.75) is 176 Å². The maximum Gasteiger partial charge on any atom is 0.173 e. The summed E-state index contributed by atoms with van der Waals surface area (Å²) in [6, 6.07) is 16.8. The first-order valence-corrected chi connectivity index (χ1v) is 30.2. The van der Waals surface area contributed by atoms with Crippen LogP contribution >= 0.6 is 0 Å². The van der Waals surface area contributed by atoms with Gasteiger partial charge >= 0.3 is 0 Å². The number of rotatable bonds is 20. The second-order valence-electron chi connectivity index (χ2n) is 16.5. The third-order valence-electron chi connectivity index (χ3n) is 9.38. The molecule has 9 heteroatoms. The molecular weight excluding hydrogens is 656 g/mol. The molecule has 2 aromatic carbocycles. The molecule has 48 heavy (non-hydrogen) atoms. The van der Waals surface area contributed by atoms with Crippen LogP contribution < -0.4 is 0 Å². The van der Waals surface area contributed by atoms with Crippen LogP contribution in [0.25, 0.3) is 0 Å². The Morgan fingerprint density at radius 1 is 0.583 bits per heavy atom. The van der Waals surface area contributed by atoms with E-state index in [-0.39, 0.29) is 28.7 Å². The second kappa shape index (κ2) is 20.7. The summed E-state index contributed by atoms with van der Waals surface area (Å²) in [7, 11) is -6.80. The highest BCUT2D eigenvalue weighted by atomic mass is 28.4. The van der Waals surface area contributed by atoms with Gasteiger partial charge in [0.2, 0.25) is 0 Å². The molecule has 4 nitrogen and oxygen atoms in total. The smallest absolute Gasteiger partial charge is 0.173 e. The van der Waals surface area contributed by atoms with Crippen LogP contribution in [0.15, 0.2) is 36.4 Å². The minimum atomic E-state index is -1.78. The van der Waals surface area contributed by atoms with Gasteiger partial charge in [0, 0.05) is 13.8 Å². The van der Waals surface area contributed by atoms with Crippen LogP contribution in [0.2, 0.25) is 76.6 Å². The van der Waals surface area contributed by atoms with Crippen molar-refractivity contribution in [3.63, 3.8) is 0 Å². The molecule has 2 aromatic rings. The molecule has 0 aliphatic carbocycles. The molecule has 0 heterocycles.